The first-order valence-corrected chi connectivity index (χ1v) is 7.18. The van der Waals surface area contributed by atoms with Gasteiger partial charge in [0.15, 0.2) is 0 Å². The fraction of sp³-hybridized carbons (Fsp3) is 0.625. The van der Waals surface area contributed by atoms with E-state index in [1.807, 2.05) is 6.07 Å². The van der Waals surface area contributed by atoms with Crippen LogP contribution in [0.15, 0.2) is 30.3 Å². The van der Waals surface area contributed by atoms with Crippen molar-refractivity contribution >= 4 is 0 Å². The van der Waals surface area contributed by atoms with Gasteiger partial charge in [-0.1, -0.05) is 44.2 Å². The van der Waals surface area contributed by atoms with E-state index in [4.69, 9.17) is 5.73 Å². The Morgan fingerprint density at radius 3 is 2.50 bits per heavy atom. The van der Waals surface area contributed by atoms with Crippen LogP contribution in [0.1, 0.15) is 44.7 Å². The van der Waals surface area contributed by atoms with Crippen molar-refractivity contribution in [1.29, 1.82) is 0 Å². The standard InChI is InChI=1S/C16H26N2/c1-3-16(9-10-16)12-18-11-13(2)15(17)14-7-5-4-6-8-14/h4-8,13,15,18H,3,9-12,17H2,1-2H3. The van der Waals surface area contributed by atoms with Crippen molar-refractivity contribution in [1.82, 2.24) is 5.32 Å². The molecule has 0 aliphatic heterocycles. The van der Waals surface area contributed by atoms with E-state index in [2.05, 4.69) is 43.4 Å². The second kappa shape index (κ2) is 5.85. The average molecular weight is 246 g/mol. The SMILES string of the molecule is CCC1(CNCC(C)C(N)c2ccccc2)CC1. The minimum absolute atomic E-state index is 0.135. The Bertz CT molecular complexity index is 357. The summed E-state index contributed by atoms with van der Waals surface area (Å²) in [5, 5.41) is 3.61. The summed E-state index contributed by atoms with van der Waals surface area (Å²) in [6, 6.07) is 10.5. The number of nitrogens with two attached hydrogens (primary N) is 1. The molecule has 2 nitrogen and oxygen atoms in total. The van der Waals surface area contributed by atoms with E-state index in [0.29, 0.717) is 11.3 Å². The van der Waals surface area contributed by atoms with Gasteiger partial charge in [0.25, 0.3) is 0 Å². The zero-order valence-corrected chi connectivity index (χ0v) is 11.7. The maximum absolute atomic E-state index is 6.30. The second-order valence-electron chi connectivity index (χ2n) is 5.90. The van der Waals surface area contributed by atoms with Crippen molar-refractivity contribution in [2.45, 2.75) is 39.2 Å². The van der Waals surface area contributed by atoms with E-state index in [1.54, 1.807) is 0 Å². The Morgan fingerprint density at radius 2 is 1.94 bits per heavy atom. The van der Waals surface area contributed by atoms with Gasteiger partial charge in [-0.05, 0) is 42.7 Å². The third-order valence-corrected chi connectivity index (χ3v) is 4.47. The molecule has 1 aliphatic rings. The van der Waals surface area contributed by atoms with Gasteiger partial charge >= 0.3 is 0 Å². The molecule has 3 N–H and O–H groups in total. The molecule has 0 saturated heterocycles. The highest BCUT2D eigenvalue weighted by atomic mass is 14.9. The van der Waals surface area contributed by atoms with Crippen LogP contribution in [0.4, 0.5) is 0 Å². The molecule has 18 heavy (non-hydrogen) atoms. The molecule has 2 unspecified atom stereocenters. The van der Waals surface area contributed by atoms with Crippen LogP contribution in [0.3, 0.4) is 0 Å². The highest BCUT2D eigenvalue weighted by molar-refractivity contribution is 5.19. The molecular weight excluding hydrogens is 220 g/mol. The van der Waals surface area contributed by atoms with Crippen molar-refractivity contribution in [3.8, 4) is 0 Å². The molecule has 0 amide bonds. The lowest BCUT2D eigenvalue weighted by atomic mass is 9.95. The summed E-state index contributed by atoms with van der Waals surface area (Å²) < 4.78 is 0. The number of hydrogen-bond acceptors (Lipinski definition) is 2. The van der Waals surface area contributed by atoms with Crippen LogP contribution in [0.2, 0.25) is 0 Å². The predicted molar refractivity (Wildman–Crippen MR) is 77.4 cm³/mol. The summed E-state index contributed by atoms with van der Waals surface area (Å²) in [7, 11) is 0. The number of nitrogens with one attached hydrogen (secondary N) is 1. The van der Waals surface area contributed by atoms with Gasteiger partial charge in [0.05, 0.1) is 0 Å². The van der Waals surface area contributed by atoms with Crippen LogP contribution in [0, 0.1) is 11.3 Å². The molecule has 2 atom stereocenters. The molecule has 1 aromatic rings. The lowest BCUT2D eigenvalue weighted by Gasteiger charge is -2.22. The molecule has 1 fully saturated rings. The van der Waals surface area contributed by atoms with Gasteiger partial charge in [-0.2, -0.15) is 0 Å². The molecule has 2 heteroatoms. The lowest BCUT2D eigenvalue weighted by molar-refractivity contribution is 0.385. The smallest absolute Gasteiger partial charge is 0.0333 e. The Morgan fingerprint density at radius 1 is 1.28 bits per heavy atom. The van der Waals surface area contributed by atoms with Gasteiger partial charge in [0.1, 0.15) is 0 Å². The maximum atomic E-state index is 6.30. The Kier molecular flexibility index (Phi) is 4.41. The molecule has 0 heterocycles. The van der Waals surface area contributed by atoms with Gasteiger partial charge in [-0.15, -0.1) is 0 Å². The fourth-order valence-corrected chi connectivity index (χ4v) is 2.53. The molecular formula is C16H26N2. The van der Waals surface area contributed by atoms with Crippen LogP contribution < -0.4 is 11.1 Å². The zero-order valence-electron chi connectivity index (χ0n) is 11.7. The normalized spacial score (nSPS) is 20.4. The van der Waals surface area contributed by atoms with Crippen molar-refractivity contribution in [3.05, 3.63) is 35.9 Å². The van der Waals surface area contributed by atoms with Crippen LogP contribution in [-0.4, -0.2) is 13.1 Å². The first kappa shape index (κ1) is 13.6. The molecule has 0 spiro atoms. The van der Waals surface area contributed by atoms with Crippen molar-refractivity contribution in [2.24, 2.45) is 17.1 Å². The first-order chi connectivity index (χ1) is 8.67. The molecule has 0 aromatic heterocycles. The summed E-state index contributed by atoms with van der Waals surface area (Å²) in [6.45, 7) is 6.71. The second-order valence-corrected chi connectivity index (χ2v) is 5.90. The minimum atomic E-state index is 0.135. The largest absolute Gasteiger partial charge is 0.324 e. The fourth-order valence-electron chi connectivity index (χ4n) is 2.53. The van der Waals surface area contributed by atoms with E-state index in [0.717, 1.165) is 13.1 Å². The zero-order chi connectivity index (χ0) is 13.0. The van der Waals surface area contributed by atoms with Crippen molar-refractivity contribution < 1.29 is 0 Å². The molecule has 2 rings (SSSR count). The third-order valence-electron chi connectivity index (χ3n) is 4.47. The van der Waals surface area contributed by atoms with Crippen LogP contribution >= 0.6 is 0 Å². The summed E-state index contributed by atoms with van der Waals surface area (Å²) in [4.78, 5) is 0. The van der Waals surface area contributed by atoms with Crippen molar-refractivity contribution in [2.75, 3.05) is 13.1 Å². The molecule has 100 valence electrons. The highest BCUT2D eigenvalue weighted by Gasteiger charge is 2.39. The van der Waals surface area contributed by atoms with Gasteiger partial charge in [0, 0.05) is 12.6 Å². The van der Waals surface area contributed by atoms with Crippen LogP contribution in [0.25, 0.3) is 0 Å². The van der Waals surface area contributed by atoms with Crippen LogP contribution in [-0.2, 0) is 0 Å². The Labute approximate surface area is 111 Å². The number of benzene rings is 1. The Balaban J connectivity index is 1.76. The molecule has 1 saturated carbocycles. The average Bonchev–Trinajstić information content (AvgIpc) is 3.19. The molecule has 1 aromatic carbocycles. The van der Waals surface area contributed by atoms with E-state index >= 15 is 0 Å². The lowest BCUT2D eigenvalue weighted by Crippen LogP contribution is -2.32. The van der Waals surface area contributed by atoms with Gasteiger partial charge < -0.3 is 11.1 Å². The highest BCUT2D eigenvalue weighted by Crippen LogP contribution is 2.47. The molecule has 1 aliphatic carbocycles. The quantitative estimate of drug-likeness (QED) is 0.776. The van der Waals surface area contributed by atoms with Crippen LogP contribution in [0.5, 0.6) is 0 Å². The first-order valence-electron chi connectivity index (χ1n) is 7.18. The van der Waals surface area contributed by atoms with Crippen molar-refractivity contribution in [3.63, 3.8) is 0 Å². The van der Waals surface area contributed by atoms with E-state index in [9.17, 15) is 0 Å². The summed E-state index contributed by atoms with van der Waals surface area (Å²) in [6.07, 6.45) is 4.10. The monoisotopic (exact) mass is 246 g/mol. The number of rotatable bonds is 7. The Hall–Kier alpha value is -0.860. The predicted octanol–water partition coefficient (Wildman–Crippen LogP) is 3.10. The maximum Gasteiger partial charge on any atom is 0.0333 e. The van der Waals surface area contributed by atoms with Gasteiger partial charge in [-0.3, -0.25) is 0 Å². The van der Waals surface area contributed by atoms with E-state index in [-0.39, 0.29) is 6.04 Å². The minimum Gasteiger partial charge on any atom is -0.324 e. The summed E-state index contributed by atoms with van der Waals surface area (Å²) in [5.41, 5.74) is 8.16. The van der Waals surface area contributed by atoms with E-state index < -0.39 is 0 Å². The van der Waals surface area contributed by atoms with Gasteiger partial charge in [-0.25, -0.2) is 0 Å². The third kappa shape index (κ3) is 3.33. The van der Waals surface area contributed by atoms with E-state index in [1.165, 1.54) is 24.8 Å². The molecule has 0 bridgehead atoms. The topological polar surface area (TPSA) is 38.0 Å². The summed E-state index contributed by atoms with van der Waals surface area (Å²) >= 11 is 0. The van der Waals surface area contributed by atoms with Gasteiger partial charge in [0.2, 0.25) is 0 Å². The number of hydrogen-bond donors (Lipinski definition) is 2. The summed E-state index contributed by atoms with van der Waals surface area (Å²) in [5.74, 6) is 0.472. The molecule has 0 radical (unpaired) electrons.